The minimum atomic E-state index is -0.313. The van der Waals surface area contributed by atoms with Gasteiger partial charge in [0.15, 0.2) is 11.5 Å². The van der Waals surface area contributed by atoms with Crippen molar-refractivity contribution in [1.82, 2.24) is 0 Å². The molecule has 0 radical (unpaired) electrons. The normalized spacial score (nSPS) is 10.1. The van der Waals surface area contributed by atoms with Crippen molar-refractivity contribution in [1.29, 1.82) is 0 Å². The molecule has 5 heteroatoms. The van der Waals surface area contributed by atoms with Gasteiger partial charge in [0.05, 0.1) is 19.8 Å². The Labute approximate surface area is 116 Å². The van der Waals surface area contributed by atoms with E-state index in [4.69, 9.17) is 9.62 Å². The molecule has 0 aliphatic carbocycles. The van der Waals surface area contributed by atoms with Gasteiger partial charge in [0, 0.05) is 17.7 Å². The maximum Gasteiger partial charge on any atom is 0.208 e. The molecule has 2 aromatic carbocycles. The number of ketones is 1. The summed E-state index contributed by atoms with van der Waals surface area (Å²) in [5.74, 6) is -0.00750. The number of hydrogen-bond donors (Lipinski definition) is 1. The van der Waals surface area contributed by atoms with Crippen molar-refractivity contribution < 1.29 is 24.4 Å². The zero-order chi connectivity index (χ0) is 14.5. The van der Waals surface area contributed by atoms with Gasteiger partial charge in [-0.05, 0) is 0 Å². The predicted molar refractivity (Wildman–Crippen MR) is 72.2 cm³/mol. The minimum absolute atomic E-state index is 0.115. The van der Waals surface area contributed by atoms with Crippen LogP contribution in [0.3, 0.4) is 0 Å². The summed E-state index contributed by atoms with van der Waals surface area (Å²) < 4.78 is 5.04. The highest BCUT2D eigenvalue weighted by Crippen LogP contribution is 2.35. The van der Waals surface area contributed by atoms with Gasteiger partial charge < -0.3 is 14.7 Å². The third kappa shape index (κ3) is 2.73. The van der Waals surface area contributed by atoms with Gasteiger partial charge in [0.25, 0.3) is 0 Å². The number of hydrogen-bond acceptors (Lipinski definition) is 5. The number of carbonyl (C=O) groups is 1. The van der Waals surface area contributed by atoms with E-state index in [0.717, 1.165) is 0 Å². The van der Waals surface area contributed by atoms with Gasteiger partial charge in [-0.1, -0.05) is 30.3 Å². The second-order valence-electron chi connectivity index (χ2n) is 3.97. The van der Waals surface area contributed by atoms with E-state index < -0.39 is 0 Å². The lowest BCUT2D eigenvalue weighted by Crippen LogP contribution is -2.03. The first-order chi connectivity index (χ1) is 9.67. The molecule has 1 N–H and O–H groups in total. The monoisotopic (exact) mass is 274 g/mol. The number of rotatable bonds is 5. The Bertz CT molecular complexity index is 607. The van der Waals surface area contributed by atoms with Gasteiger partial charge in [-0.2, -0.15) is 4.89 Å². The fourth-order valence-corrected chi connectivity index (χ4v) is 1.79. The molecular weight excluding hydrogens is 260 g/mol. The van der Waals surface area contributed by atoms with Gasteiger partial charge in [-0.25, -0.2) is 0 Å². The zero-order valence-corrected chi connectivity index (χ0v) is 11.1. The number of methoxy groups -OCH3 is 1. The summed E-state index contributed by atoms with van der Waals surface area (Å²) in [6.45, 7) is 0. The van der Waals surface area contributed by atoms with Crippen molar-refractivity contribution in [2.45, 2.75) is 0 Å². The highest BCUT2D eigenvalue weighted by molar-refractivity contribution is 6.11. The quantitative estimate of drug-likeness (QED) is 0.515. The minimum Gasteiger partial charge on any atom is -0.507 e. The van der Waals surface area contributed by atoms with Crippen molar-refractivity contribution in [2.75, 3.05) is 14.2 Å². The van der Waals surface area contributed by atoms with Crippen molar-refractivity contribution in [3.05, 3.63) is 53.6 Å². The molecule has 0 heterocycles. The molecule has 0 aliphatic rings. The average molecular weight is 274 g/mol. The van der Waals surface area contributed by atoms with E-state index >= 15 is 0 Å². The van der Waals surface area contributed by atoms with Crippen molar-refractivity contribution in [2.24, 2.45) is 0 Å². The Morgan fingerprint density at radius 2 is 1.75 bits per heavy atom. The summed E-state index contributed by atoms with van der Waals surface area (Å²) in [7, 11) is 2.76. The lowest BCUT2D eigenvalue weighted by atomic mass is 10.0. The fourth-order valence-electron chi connectivity index (χ4n) is 1.79. The van der Waals surface area contributed by atoms with Crippen LogP contribution in [0.5, 0.6) is 17.2 Å². The van der Waals surface area contributed by atoms with Crippen LogP contribution in [-0.4, -0.2) is 25.1 Å². The molecule has 0 aromatic heterocycles. The lowest BCUT2D eigenvalue weighted by molar-refractivity contribution is -0.179. The van der Waals surface area contributed by atoms with E-state index in [9.17, 15) is 9.90 Å². The summed E-state index contributed by atoms with van der Waals surface area (Å²) in [4.78, 5) is 21.8. The molecule has 5 nitrogen and oxygen atoms in total. The average Bonchev–Trinajstić information content (AvgIpc) is 2.49. The number of phenols is 1. The molecule has 20 heavy (non-hydrogen) atoms. The maximum absolute atomic E-state index is 12.3. The fraction of sp³-hybridized carbons (Fsp3) is 0.133. The summed E-state index contributed by atoms with van der Waals surface area (Å²) >= 11 is 0. The van der Waals surface area contributed by atoms with Gasteiger partial charge in [0.2, 0.25) is 5.75 Å². The standard InChI is InChI=1S/C15H14O5/c1-18-13-9-12(16)11(8-14(13)20-19-2)15(17)10-6-4-3-5-7-10/h3-9,16H,1-2H3. The number of benzene rings is 2. The molecule has 0 amide bonds. The summed E-state index contributed by atoms with van der Waals surface area (Å²) in [6, 6.07) is 11.3. The summed E-state index contributed by atoms with van der Waals surface area (Å²) in [5, 5.41) is 9.95. The van der Waals surface area contributed by atoms with Crippen LogP contribution < -0.4 is 9.62 Å². The Hall–Kier alpha value is -2.53. The van der Waals surface area contributed by atoms with Crippen LogP contribution in [0, 0.1) is 0 Å². The third-order valence-electron chi connectivity index (χ3n) is 2.74. The highest BCUT2D eigenvalue weighted by Gasteiger charge is 2.18. The maximum atomic E-state index is 12.3. The molecule has 0 atom stereocenters. The first-order valence-electron chi connectivity index (χ1n) is 5.88. The molecule has 2 aromatic rings. The summed E-state index contributed by atoms with van der Waals surface area (Å²) in [6.07, 6.45) is 0. The predicted octanol–water partition coefficient (Wildman–Crippen LogP) is 2.57. The molecular formula is C15H14O5. The third-order valence-corrected chi connectivity index (χ3v) is 2.74. The van der Waals surface area contributed by atoms with Crippen LogP contribution in [0.4, 0.5) is 0 Å². The molecule has 0 fully saturated rings. The molecule has 0 bridgehead atoms. The van der Waals surface area contributed by atoms with E-state index in [1.165, 1.54) is 26.4 Å². The SMILES string of the molecule is COOc1cc(C(=O)c2ccccc2)c(O)cc1OC. The van der Waals surface area contributed by atoms with E-state index in [0.29, 0.717) is 5.56 Å². The van der Waals surface area contributed by atoms with Crippen molar-refractivity contribution in [3.63, 3.8) is 0 Å². The van der Waals surface area contributed by atoms with Crippen LogP contribution in [-0.2, 0) is 4.89 Å². The first-order valence-corrected chi connectivity index (χ1v) is 5.88. The highest BCUT2D eigenvalue weighted by atomic mass is 17.2. The smallest absolute Gasteiger partial charge is 0.208 e. The number of ether oxygens (including phenoxy) is 1. The molecule has 0 saturated carbocycles. The number of aromatic hydroxyl groups is 1. The second-order valence-corrected chi connectivity index (χ2v) is 3.97. The molecule has 2 rings (SSSR count). The van der Waals surface area contributed by atoms with E-state index in [1.54, 1.807) is 24.3 Å². The Balaban J connectivity index is 2.46. The van der Waals surface area contributed by atoms with Crippen molar-refractivity contribution in [3.8, 4) is 17.2 Å². The molecule has 0 unspecified atom stereocenters. The second kappa shape index (κ2) is 6.08. The molecule has 0 aliphatic heterocycles. The molecule has 0 spiro atoms. The number of carbonyl (C=O) groups excluding carboxylic acids is 1. The van der Waals surface area contributed by atoms with E-state index in [-0.39, 0.29) is 28.6 Å². The van der Waals surface area contributed by atoms with Gasteiger partial charge in [-0.3, -0.25) is 4.79 Å². The lowest BCUT2D eigenvalue weighted by Gasteiger charge is -2.11. The van der Waals surface area contributed by atoms with Crippen LogP contribution in [0.1, 0.15) is 15.9 Å². The molecule has 0 saturated heterocycles. The van der Waals surface area contributed by atoms with Crippen LogP contribution >= 0.6 is 0 Å². The van der Waals surface area contributed by atoms with Crippen LogP contribution in [0.25, 0.3) is 0 Å². The first kappa shape index (κ1) is 13.9. The van der Waals surface area contributed by atoms with Gasteiger partial charge >= 0.3 is 0 Å². The van der Waals surface area contributed by atoms with Gasteiger partial charge in [-0.15, -0.1) is 0 Å². The zero-order valence-electron chi connectivity index (χ0n) is 11.1. The van der Waals surface area contributed by atoms with E-state index in [1.807, 2.05) is 6.07 Å². The largest absolute Gasteiger partial charge is 0.507 e. The van der Waals surface area contributed by atoms with Crippen LogP contribution in [0.15, 0.2) is 42.5 Å². The van der Waals surface area contributed by atoms with Crippen molar-refractivity contribution >= 4 is 5.78 Å². The van der Waals surface area contributed by atoms with E-state index in [2.05, 4.69) is 4.89 Å². The molecule has 104 valence electrons. The van der Waals surface area contributed by atoms with Crippen LogP contribution in [0.2, 0.25) is 0 Å². The Kier molecular flexibility index (Phi) is 4.22. The number of phenolic OH excluding ortho intramolecular Hbond substituents is 1. The Morgan fingerprint density at radius 1 is 1.05 bits per heavy atom. The Morgan fingerprint density at radius 3 is 2.35 bits per heavy atom. The topological polar surface area (TPSA) is 65.0 Å². The summed E-state index contributed by atoms with van der Waals surface area (Å²) in [5.41, 5.74) is 0.584. The van der Waals surface area contributed by atoms with Gasteiger partial charge in [0.1, 0.15) is 5.75 Å².